The third-order valence-corrected chi connectivity index (χ3v) is 5.69. The van der Waals surface area contributed by atoms with Gasteiger partial charge in [0.1, 0.15) is 5.15 Å². The van der Waals surface area contributed by atoms with Gasteiger partial charge in [-0.05, 0) is 42.0 Å². The molecular formula is C20H15Cl2N3O4S. The lowest BCUT2D eigenvalue weighted by Crippen LogP contribution is -2.17. The number of amides is 1. The summed E-state index contributed by atoms with van der Waals surface area (Å²) >= 11 is 13.0. The van der Waals surface area contributed by atoms with Crippen LogP contribution in [0, 0.1) is 0 Å². The number of thiazole rings is 1. The van der Waals surface area contributed by atoms with Crippen LogP contribution < -0.4 is 10.3 Å². The van der Waals surface area contributed by atoms with Crippen molar-refractivity contribution >= 4 is 52.6 Å². The SMILES string of the molecule is COC(=O)c1cccc(Cn2c(Cl)c(/C=N\NC(=O)c3ccc(Cl)cc3)sc2=O)c1. The normalized spacial score (nSPS) is 10.9. The molecule has 1 heterocycles. The number of methoxy groups -OCH3 is 1. The van der Waals surface area contributed by atoms with Gasteiger partial charge in [-0.2, -0.15) is 5.10 Å². The minimum absolute atomic E-state index is 0.171. The van der Waals surface area contributed by atoms with Crippen LogP contribution in [0.2, 0.25) is 10.2 Å². The largest absolute Gasteiger partial charge is 0.465 e. The Morgan fingerprint density at radius 1 is 1.17 bits per heavy atom. The zero-order valence-corrected chi connectivity index (χ0v) is 17.9. The van der Waals surface area contributed by atoms with Gasteiger partial charge in [-0.15, -0.1) is 0 Å². The molecule has 0 saturated heterocycles. The van der Waals surface area contributed by atoms with E-state index < -0.39 is 11.9 Å². The number of esters is 1. The first-order valence-corrected chi connectivity index (χ1v) is 10.1. The molecule has 0 bridgehead atoms. The number of benzene rings is 2. The molecule has 10 heteroatoms. The monoisotopic (exact) mass is 463 g/mol. The highest BCUT2D eigenvalue weighted by atomic mass is 35.5. The first kappa shape index (κ1) is 21.8. The number of aromatic nitrogens is 1. The highest BCUT2D eigenvalue weighted by Crippen LogP contribution is 2.19. The molecule has 3 rings (SSSR count). The van der Waals surface area contributed by atoms with Crippen molar-refractivity contribution in [3.63, 3.8) is 0 Å². The van der Waals surface area contributed by atoms with Crippen LogP contribution in [0.15, 0.2) is 58.4 Å². The molecule has 0 aliphatic heterocycles. The highest BCUT2D eigenvalue weighted by Gasteiger charge is 2.13. The van der Waals surface area contributed by atoms with E-state index in [2.05, 4.69) is 10.5 Å². The topological polar surface area (TPSA) is 89.8 Å². The first-order valence-electron chi connectivity index (χ1n) is 8.54. The number of rotatable bonds is 6. The Morgan fingerprint density at radius 2 is 1.90 bits per heavy atom. The number of hydrogen-bond acceptors (Lipinski definition) is 6. The summed E-state index contributed by atoms with van der Waals surface area (Å²) in [7, 11) is 1.30. The summed E-state index contributed by atoms with van der Waals surface area (Å²) in [5.74, 6) is -0.893. The Morgan fingerprint density at radius 3 is 2.60 bits per heavy atom. The second kappa shape index (κ2) is 9.71. The molecule has 1 amide bonds. The van der Waals surface area contributed by atoms with Gasteiger partial charge in [0.25, 0.3) is 5.91 Å². The second-order valence-electron chi connectivity index (χ2n) is 6.01. The van der Waals surface area contributed by atoms with Gasteiger partial charge < -0.3 is 4.74 Å². The van der Waals surface area contributed by atoms with Gasteiger partial charge >= 0.3 is 10.8 Å². The first-order chi connectivity index (χ1) is 14.4. The highest BCUT2D eigenvalue weighted by molar-refractivity contribution is 7.11. The number of ether oxygens (including phenoxy) is 1. The van der Waals surface area contributed by atoms with E-state index in [9.17, 15) is 14.4 Å². The molecule has 30 heavy (non-hydrogen) atoms. The van der Waals surface area contributed by atoms with Crippen molar-refractivity contribution in [2.45, 2.75) is 6.54 Å². The summed E-state index contributed by atoms with van der Waals surface area (Å²) in [4.78, 5) is 36.2. The Balaban J connectivity index is 1.73. The molecule has 0 atom stereocenters. The minimum Gasteiger partial charge on any atom is -0.465 e. The molecule has 3 aromatic rings. The number of carbonyl (C=O) groups is 2. The summed E-state index contributed by atoms with van der Waals surface area (Å²) in [5.41, 5.74) is 3.84. The number of hydrogen-bond donors (Lipinski definition) is 1. The van der Waals surface area contributed by atoms with Crippen molar-refractivity contribution in [3.8, 4) is 0 Å². The maximum Gasteiger partial charge on any atom is 0.337 e. The molecule has 0 unspecified atom stereocenters. The third kappa shape index (κ3) is 5.15. The fourth-order valence-electron chi connectivity index (χ4n) is 2.53. The maximum absolute atomic E-state index is 12.3. The van der Waals surface area contributed by atoms with Gasteiger partial charge in [-0.3, -0.25) is 14.2 Å². The Bertz CT molecular complexity index is 1170. The molecule has 1 aromatic heterocycles. The van der Waals surface area contributed by atoms with Crippen LogP contribution in [0.3, 0.4) is 0 Å². The quantitative estimate of drug-likeness (QED) is 0.341. The lowest BCUT2D eigenvalue weighted by Gasteiger charge is -2.06. The molecule has 0 saturated carbocycles. The predicted octanol–water partition coefficient (Wildman–Crippen LogP) is 3.82. The van der Waals surface area contributed by atoms with Crippen molar-refractivity contribution in [1.82, 2.24) is 9.99 Å². The average molecular weight is 464 g/mol. The van der Waals surface area contributed by atoms with Crippen molar-refractivity contribution < 1.29 is 14.3 Å². The number of hydrazone groups is 1. The van der Waals surface area contributed by atoms with E-state index >= 15 is 0 Å². The van der Waals surface area contributed by atoms with Gasteiger partial charge in [-0.25, -0.2) is 10.2 Å². The van der Waals surface area contributed by atoms with Crippen LogP contribution in [-0.4, -0.2) is 29.8 Å². The van der Waals surface area contributed by atoms with Gasteiger partial charge in [0.15, 0.2) is 0 Å². The third-order valence-electron chi connectivity index (χ3n) is 4.00. The van der Waals surface area contributed by atoms with Crippen molar-refractivity contribution in [3.05, 3.63) is 89.9 Å². The summed E-state index contributed by atoms with van der Waals surface area (Å²) in [6.45, 7) is 0.171. The van der Waals surface area contributed by atoms with Gasteiger partial charge in [-0.1, -0.05) is 46.7 Å². The minimum atomic E-state index is -0.468. The molecule has 0 radical (unpaired) electrons. The van der Waals surface area contributed by atoms with E-state index in [0.717, 1.165) is 11.3 Å². The van der Waals surface area contributed by atoms with E-state index in [1.807, 2.05) is 0 Å². The number of nitrogens with one attached hydrogen (secondary N) is 1. The van der Waals surface area contributed by atoms with E-state index in [0.29, 0.717) is 26.6 Å². The van der Waals surface area contributed by atoms with Crippen LogP contribution in [-0.2, 0) is 11.3 Å². The number of halogens is 2. The molecule has 154 valence electrons. The second-order valence-corrected chi connectivity index (χ2v) is 7.79. The van der Waals surface area contributed by atoms with Crippen LogP contribution in [0.5, 0.6) is 0 Å². The van der Waals surface area contributed by atoms with Crippen molar-refractivity contribution in [2.75, 3.05) is 7.11 Å². The molecule has 0 aliphatic carbocycles. The number of carbonyl (C=O) groups excluding carboxylic acids is 2. The van der Waals surface area contributed by atoms with Crippen LogP contribution in [0.25, 0.3) is 0 Å². The summed E-state index contributed by atoms with van der Waals surface area (Å²) in [6.07, 6.45) is 1.31. The molecule has 0 aliphatic rings. The molecule has 0 spiro atoms. The van der Waals surface area contributed by atoms with Gasteiger partial charge in [0.2, 0.25) is 0 Å². The molecule has 7 nitrogen and oxygen atoms in total. The smallest absolute Gasteiger partial charge is 0.337 e. The van der Waals surface area contributed by atoms with Crippen LogP contribution in [0.4, 0.5) is 0 Å². The average Bonchev–Trinajstić information content (AvgIpc) is 3.01. The lowest BCUT2D eigenvalue weighted by atomic mass is 10.1. The summed E-state index contributed by atoms with van der Waals surface area (Å²) < 4.78 is 6.06. The van der Waals surface area contributed by atoms with E-state index in [1.54, 1.807) is 48.5 Å². The molecule has 2 aromatic carbocycles. The Kier molecular flexibility index (Phi) is 7.04. The number of nitrogens with zero attached hydrogens (tertiary/aromatic N) is 2. The van der Waals surface area contributed by atoms with Crippen molar-refractivity contribution in [2.24, 2.45) is 5.10 Å². The van der Waals surface area contributed by atoms with Crippen molar-refractivity contribution in [1.29, 1.82) is 0 Å². The molecule has 1 N–H and O–H groups in total. The Labute approximate surface area is 185 Å². The summed E-state index contributed by atoms with van der Waals surface area (Å²) in [5, 5.41) is 4.56. The van der Waals surface area contributed by atoms with Crippen LogP contribution in [0.1, 0.15) is 31.2 Å². The lowest BCUT2D eigenvalue weighted by molar-refractivity contribution is 0.0600. The zero-order valence-electron chi connectivity index (χ0n) is 15.6. The Hall–Kier alpha value is -2.94. The zero-order chi connectivity index (χ0) is 21.7. The molecular weight excluding hydrogens is 449 g/mol. The maximum atomic E-state index is 12.3. The summed E-state index contributed by atoms with van der Waals surface area (Å²) in [6, 6.07) is 13.0. The fraction of sp³-hybridized carbons (Fsp3) is 0.100. The van der Waals surface area contributed by atoms with E-state index in [1.165, 1.54) is 17.9 Å². The van der Waals surface area contributed by atoms with Gasteiger partial charge in [0.05, 0.1) is 30.3 Å². The van der Waals surface area contributed by atoms with Gasteiger partial charge in [0, 0.05) is 10.6 Å². The predicted molar refractivity (Wildman–Crippen MR) is 117 cm³/mol. The van der Waals surface area contributed by atoms with E-state index in [-0.39, 0.29) is 16.6 Å². The molecule has 0 fully saturated rings. The standard InChI is InChI=1S/C20H15Cl2N3O4S/c1-29-19(27)14-4-2-3-12(9-14)11-25-17(22)16(30-20(25)28)10-23-24-18(26)13-5-7-15(21)8-6-13/h2-10H,11H2,1H3,(H,24,26)/b23-10-. The van der Waals surface area contributed by atoms with Crippen LogP contribution >= 0.6 is 34.5 Å². The fourth-order valence-corrected chi connectivity index (χ4v) is 3.76. The van der Waals surface area contributed by atoms with E-state index in [4.69, 9.17) is 27.9 Å².